The third kappa shape index (κ3) is 9.21. The van der Waals surface area contributed by atoms with Crippen LogP contribution in [0.3, 0.4) is 0 Å². The van der Waals surface area contributed by atoms with E-state index in [2.05, 4.69) is 10.6 Å². The number of esters is 1. The Morgan fingerprint density at radius 2 is 1.93 bits per heavy atom. The molecule has 2 N–H and O–H groups in total. The highest BCUT2D eigenvalue weighted by Crippen LogP contribution is 1.91. The Bertz CT molecular complexity index is 195. The van der Waals surface area contributed by atoms with Gasteiger partial charge >= 0.3 is 5.97 Å². The van der Waals surface area contributed by atoms with Crippen LogP contribution in [0, 0.1) is 0 Å². The molecule has 5 nitrogen and oxygen atoms in total. The molecule has 0 atom stereocenters. The van der Waals surface area contributed by atoms with Crippen molar-refractivity contribution in [1.82, 2.24) is 10.6 Å². The highest BCUT2D eigenvalue weighted by Gasteiger charge is 2.00. The Morgan fingerprint density at radius 1 is 1.20 bits per heavy atom. The molecule has 0 aliphatic carbocycles. The first-order valence-corrected chi connectivity index (χ1v) is 5.27. The second-order valence-electron chi connectivity index (χ2n) is 3.08. The van der Waals surface area contributed by atoms with Gasteiger partial charge in [-0.15, -0.1) is 0 Å². The molecule has 5 heteroatoms. The van der Waals surface area contributed by atoms with E-state index < -0.39 is 0 Å². The quantitative estimate of drug-likeness (QED) is 0.444. The largest absolute Gasteiger partial charge is 0.466 e. The lowest BCUT2D eigenvalue weighted by molar-refractivity contribution is -0.143. The SMILES string of the molecule is CCOC(=O)CCCNCCC(=O)NC. The van der Waals surface area contributed by atoms with Gasteiger partial charge in [-0.1, -0.05) is 0 Å². The summed E-state index contributed by atoms with van der Waals surface area (Å²) in [4.78, 5) is 21.7. The molecule has 0 saturated heterocycles. The zero-order chi connectivity index (χ0) is 11.5. The van der Waals surface area contributed by atoms with Crippen molar-refractivity contribution in [2.45, 2.75) is 26.2 Å². The fourth-order valence-corrected chi connectivity index (χ4v) is 1.04. The van der Waals surface area contributed by atoms with Gasteiger partial charge in [0, 0.05) is 26.4 Å². The molecule has 0 heterocycles. The van der Waals surface area contributed by atoms with Crippen molar-refractivity contribution in [2.24, 2.45) is 0 Å². The van der Waals surface area contributed by atoms with Crippen molar-refractivity contribution >= 4 is 11.9 Å². The summed E-state index contributed by atoms with van der Waals surface area (Å²) in [5.41, 5.74) is 0. The smallest absolute Gasteiger partial charge is 0.305 e. The Kier molecular flexibility index (Phi) is 8.76. The van der Waals surface area contributed by atoms with E-state index in [9.17, 15) is 9.59 Å². The molecule has 0 bridgehead atoms. The average Bonchev–Trinajstić information content (AvgIpc) is 2.23. The van der Waals surface area contributed by atoms with Crippen LogP contribution in [0.5, 0.6) is 0 Å². The third-order valence-electron chi connectivity index (χ3n) is 1.85. The van der Waals surface area contributed by atoms with Crippen LogP contribution in [0.2, 0.25) is 0 Å². The van der Waals surface area contributed by atoms with Crippen LogP contribution >= 0.6 is 0 Å². The summed E-state index contributed by atoms with van der Waals surface area (Å²) in [5.74, 6) is -0.140. The summed E-state index contributed by atoms with van der Waals surface area (Å²) in [6, 6.07) is 0. The van der Waals surface area contributed by atoms with E-state index in [0.717, 1.165) is 13.0 Å². The third-order valence-corrected chi connectivity index (χ3v) is 1.85. The molecular weight excluding hydrogens is 196 g/mol. The minimum Gasteiger partial charge on any atom is -0.466 e. The van der Waals surface area contributed by atoms with Crippen molar-refractivity contribution in [3.8, 4) is 0 Å². The number of hydrogen-bond donors (Lipinski definition) is 2. The van der Waals surface area contributed by atoms with Crippen LogP contribution in [-0.4, -0.2) is 38.6 Å². The molecule has 0 unspecified atom stereocenters. The molecule has 0 rings (SSSR count). The zero-order valence-corrected chi connectivity index (χ0v) is 9.47. The fourth-order valence-electron chi connectivity index (χ4n) is 1.04. The molecule has 0 saturated carbocycles. The first kappa shape index (κ1) is 13.9. The van der Waals surface area contributed by atoms with Crippen molar-refractivity contribution in [3.63, 3.8) is 0 Å². The van der Waals surface area contributed by atoms with Crippen LogP contribution in [-0.2, 0) is 14.3 Å². The molecule has 0 fully saturated rings. The van der Waals surface area contributed by atoms with Gasteiger partial charge < -0.3 is 15.4 Å². The predicted molar refractivity (Wildman–Crippen MR) is 57.4 cm³/mol. The van der Waals surface area contributed by atoms with Gasteiger partial charge in [0.2, 0.25) is 5.91 Å². The molecule has 1 amide bonds. The summed E-state index contributed by atoms with van der Waals surface area (Å²) in [5, 5.41) is 5.62. The normalized spacial score (nSPS) is 9.73. The first-order valence-electron chi connectivity index (χ1n) is 5.27. The van der Waals surface area contributed by atoms with E-state index in [-0.39, 0.29) is 11.9 Å². The maximum atomic E-state index is 10.9. The number of rotatable bonds is 8. The summed E-state index contributed by atoms with van der Waals surface area (Å²) in [6.45, 7) is 3.60. The lowest BCUT2D eigenvalue weighted by Gasteiger charge is -2.04. The van der Waals surface area contributed by atoms with Crippen LogP contribution in [0.15, 0.2) is 0 Å². The summed E-state index contributed by atoms with van der Waals surface area (Å²) in [7, 11) is 1.61. The van der Waals surface area contributed by atoms with Gasteiger partial charge in [-0.25, -0.2) is 0 Å². The van der Waals surface area contributed by atoms with Crippen LogP contribution < -0.4 is 10.6 Å². The number of nitrogens with one attached hydrogen (secondary N) is 2. The topological polar surface area (TPSA) is 67.4 Å². The number of carbonyl (C=O) groups is 2. The van der Waals surface area contributed by atoms with Gasteiger partial charge in [0.05, 0.1) is 6.61 Å². The Labute approximate surface area is 90.6 Å². The number of carbonyl (C=O) groups excluding carboxylic acids is 2. The second kappa shape index (κ2) is 9.45. The monoisotopic (exact) mass is 216 g/mol. The molecule has 88 valence electrons. The van der Waals surface area contributed by atoms with E-state index in [1.165, 1.54) is 0 Å². The molecule has 0 spiro atoms. The highest BCUT2D eigenvalue weighted by atomic mass is 16.5. The van der Waals surface area contributed by atoms with Gasteiger partial charge in [-0.3, -0.25) is 9.59 Å². The minimum atomic E-state index is -0.161. The van der Waals surface area contributed by atoms with Gasteiger partial charge in [-0.05, 0) is 19.9 Å². The molecular formula is C10H20N2O3. The predicted octanol–water partition coefficient (Wildman–Crippen LogP) is 0.0554. The number of amides is 1. The van der Waals surface area contributed by atoms with E-state index in [4.69, 9.17) is 4.74 Å². The maximum absolute atomic E-state index is 10.9. The first-order chi connectivity index (χ1) is 7.20. The molecule has 0 aromatic heterocycles. The van der Waals surface area contributed by atoms with E-state index >= 15 is 0 Å². The molecule has 0 aliphatic heterocycles. The molecule has 0 aromatic rings. The molecule has 0 radical (unpaired) electrons. The summed E-state index contributed by atoms with van der Waals surface area (Å²) in [6.07, 6.45) is 1.64. The standard InChI is InChI=1S/C10H20N2O3/c1-3-15-10(14)5-4-7-12-8-6-9(13)11-2/h12H,3-8H2,1-2H3,(H,11,13). The second-order valence-corrected chi connectivity index (χ2v) is 3.08. The Hall–Kier alpha value is -1.10. The van der Waals surface area contributed by atoms with Crippen LogP contribution in [0.4, 0.5) is 0 Å². The Balaban J connectivity index is 3.18. The number of hydrogen-bond acceptors (Lipinski definition) is 4. The van der Waals surface area contributed by atoms with Crippen molar-refractivity contribution in [2.75, 3.05) is 26.7 Å². The zero-order valence-electron chi connectivity index (χ0n) is 9.47. The maximum Gasteiger partial charge on any atom is 0.305 e. The fraction of sp³-hybridized carbons (Fsp3) is 0.800. The molecule has 0 aromatic carbocycles. The Morgan fingerprint density at radius 3 is 2.53 bits per heavy atom. The van der Waals surface area contributed by atoms with E-state index in [1.807, 2.05) is 0 Å². The number of ether oxygens (including phenoxy) is 1. The van der Waals surface area contributed by atoms with Crippen molar-refractivity contribution in [3.05, 3.63) is 0 Å². The average molecular weight is 216 g/mol. The van der Waals surface area contributed by atoms with E-state index in [0.29, 0.717) is 26.0 Å². The van der Waals surface area contributed by atoms with Crippen LogP contribution in [0.25, 0.3) is 0 Å². The van der Waals surface area contributed by atoms with Crippen LogP contribution in [0.1, 0.15) is 26.2 Å². The van der Waals surface area contributed by atoms with Gasteiger partial charge in [0.15, 0.2) is 0 Å². The van der Waals surface area contributed by atoms with Gasteiger partial charge in [-0.2, -0.15) is 0 Å². The highest BCUT2D eigenvalue weighted by molar-refractivity contribution is 5.75. The lowest BCUT2D eigenvalue weighted by Crippen LogP contribution is -2.25. The summed E-state index contributed by atoms with van der Waals surface area (Å²) < 4.78 is 4.77. The molecule has 15 heavy (non-hydrogen) atoms. The van der Waals surface area contributed by atoms with Gasteiger partial charge in [0.1, 0.15) is 0 Å². The molecule has 0 aliphatic rings. The van der Waals surface area contributed by atoms with Gasteiger partial charge in [0.25, 0.3) is 0 Å². The van der Waals surface area contributed by atoms with E-state index in [1.54, 1.807) is 14.0 Å². The van der Waals surface area contributed by atoms with Crippen molar-refractivity contribution in [1.29, 1.82) is 0 Å². The summed E-state index contributed by atoms with van der Waals surface area (Å²) >= 11 is 0. The minimum absolute atomic E-state index is 0.0212. The van der Waals surface area contributed by atoms with Crippen molar-refractivity contribution < 1.29 is 14.3 Å². The lowest BCUT2D eigenvalue weighted by atomic mass is 10.3.